The van der Waals surface area contributed by atoms with Gasteiger partial charge >= 0.3 is 0 Å². The lowest BCUT2D eigenvalue weighted by Crippen LogP contribution is -2.29. The van der Waals surface area contributed by atoms with Gasteiger partial charge in [-0.2, -0.15) is 0 Å². The Morgan fingerprint density at radius 2 is 1.79 bits per heavy atom. The number of aryl methyl sites for hydroxylation is 2. The van der Waals surface area contributed by atoms with E-state index in [1.54, 1.807) is 7.11 Å². The number of rotatable bonds is 4. The third-order valence-electron chi connectivity index (χ3n) is 3.48. The summed E-state index contributed by atoms with van der Waals surface area (Å²) in [6.45, 7) is 4.21. The van der Waals surface area contributed by atoms with E-state index in [2.05, 4.69) is 37.5 Å². The fourth-order valence-electron chi connectivity index (χ4n) is 2.21. The number of hydrogen-bond acceptors (Lipinski definition) is 3. The van der Waals surface area contributed by atoms with Gasteiger partial charge in [0.2, 0.25) is 0 Å². The van der Waals surface area contributed by atoms with Gasteiger partial charge in [0.1, 0.15) is 5.75 Å². The van der Waals surface area contributed by atoms with Crippen molar-refractivity contribution in [1.82, 2.24) is 5.43 Å². The van der Waals surface area contributed by atoms with Crippen LogP contribution in [0.25, 0.3) is 0 Å². The second-order valence-corrected chi connectivity index (χ2v) is 4.69. The van der Waals surface area contributed by atoms with Gasteiger partial charge in [0.05, 0.1) is 13.2 Å². The van der Waals surface area contributed by atoms with E-state index in [9.17, 15) is 0 Å². The third kappa shape index (κ3) is 2.78. The number of nitrogens with one attached hydrogen (secondary N) is 1. The monoisotopic (exact) mass is 256 g/mol. The predicted octanol–water partition coefficient (Wildman–Crippen LogP) is 2.86. The van der Waals surface area contributed by atoms with E-state index in [4.69, 9.17) is 10.6 Å². The molecule has 3 nitrogen and oxygen atoms in total. The number of para-hydroxylation sites is 1. The van der Waals surface area contributed by atoms with Gasteiger partial charge in [0.25, 0.3) is 0 Å². The van der Waals surface area contributed by atoms with Crippen molar-refractivity contribution in [2.24, 2.45) is 5.84 Å². The molecule has 0 bridgehead atoms. The van der Waals surface area contributed by atoms with Crippen molar-refractivity contribution in [3.63, 3.8) is 0 Å². The maximum absolute atomic E-state index is 5.74. The van der Waals surface area contributed by atoms with Gasteiger partial charge in [-0.1, -0.05) is 36.4 Å². The normalized spacial score (nSPS) is 12.2. The van der Waals surface area contributed by atoms with Crippen molar-refractivity contribution in [3.8, 4) is 5.75 Å². The lowest BCUT2D eigenvalue weighted by atomic mass is 9.95. The average Bonchev–Trinajstić information content (AvgIpc) is 2.44. The van der Waals surface area contributed by atoms with Crippen LogP contribution >= 0.6 is 0 Å². The quantitative estimate of drug-likeness (QED) is 0.653. The highest BCUT2D eigenvalue weighted by Gasteiger charge is 2.16. The van der Waals surface area contributed by atoms with Crippen molar-refractivity contribution in [3.05, 3.63) is 64.7 Å². The van der Waals surface area contributed by atoms with Crippen LogP contribution in [0.5, 0.6) is 5.75 Å². The molecule has 0 radical (unpaired) electrons. The molecule has 0 aliphatic carbocycles. The molecular formula is C16H20N2O. The van der Waals surface area contributed by atoms with E-state index in [0.29, 0.717) is 0 Å². The molecule has 100 valence electrons. The first-order valence-electron chi connectivity index (χ1n) is 6.33. The Kier molecular flexibility index (Phi) is 4.20. The average molecular weight is 256 g/mol. The third-order valence-corrected chi connectivity index (χ3v) is 3.48. The van der Waals surface area contributed by atoms with Gasteiger partial charge < -0.3 is 4.74 Å². The molecule has 3 heteroatoms. The Morgan fingerprint density at radius 1 is 1.05 bits per heavy atom. The highest BCUT2D eigenvalue weighted by molar-refractivity contribution is 5.43. The molecule has 2 rings (SSSR count). The van der Waals surface area contributed by atoms with Gasteiger partial charge in [0, 0.05) is 5.56 Å². The highest BCUT2D eigenvalue weighted by atomic mass is 16.5. The second-order valence-electron chi connectivity index (χ2n) is 4.69. The van der Waals surface area contributed by atoms with Crippen molar-refractivity contribution in [2.45, 2.75) is 19.9 Å². The summed E-state index contributed by atoms with van der Waals surface area (Å²) < 4.78 is 5.41. The van der Waals surface area contributed by atoms with Gasteiger partial charge in [-0.3, -0.25) is 5.84 Å². The van der Waals surface area contributed by atoms with Crippen LogP contribution in [-0.4, -0.2) is 7.11 Å². The van der Waals surface area contributed by atoms with Crippen LogP contribution in [0.15, 0.2) is 42.5 Å². The topological polar surface area (TPSA) is 47.3 Å². The largest absolute Gasteiger partial charge is 0.496 e. The summed E-state index contributed by atoms with van der Waals surface area (Å²) in [6.07, 6.45) is 0. The Hall–Kier alpha value is -1.84. The van der Waals surface area contributed by atoms with Crippen LogP contribution < -0.4 is 16.0 Å². The summed E-state index contributed by atoms with van der Waals surface area (Å²) in [5.41, 5.74) is 7.58. The molecule has 1 unspecified atom stereocenters. The van der Waals surface area contributed by atoms with Gasteiger partial charge in [0.15, 0.2) is 0 Å². The molecule has 2 aromatic carbocycles. The lowest BCUT2D eigenvalue weighted by molar-refractivity contribution is 0.404. The molecule has 2 aromatic rings. The molecule has 3 N–H and O–H groups in total. The molecule has 0 saturated carbocycles. The van der Waals surface area contributed by atoms with E-state index in [-0.39, 0.29) is 6.04 Å². The summed E-state index contributed by atoms with van der Waals surface area (Å²) >= 11 is 0. The molecule has 0 aliphatic heterocycles. The van der Waals surface area contributed by atoms with Crippen LogP contribution in [0, 0.1) is 13.8 Å². The first-order valence-corrected chi connectivity index (χ1v) is 6.33. The minimum atomic E-state index is -0.0737. The maximum atomic E-state index is 5.74. The summed E-state index contributed by atoms with van der Waals surface area (Å²) in [7, 11) is 1.67. The summed E-state index contributed by atoms with van der Waals surface area (Å²) in [6, 6.07) is 14.2. The first-order chi connectivity index (χ1) is 9.17. The summed E-state index contributed by atoms with van der Waals surface area (Å²) in [5.74, 6) is 6.58. The molecule has 0 spiro atoms. The van der Waals surface area contributed by atoms with E-state index in [1.165, 1.54) is 11.1 Å². The van der Waals surface area contributed by atoms with E-state index in [1.807, 2.05) is 24.3 Å². The van der Waals surface area contributed by atoms with Crippen molar-refractivity contribution in [1.29, 1.82) is 0 Å². The fraction of sp³-hybridized carbons (Fsp3) is 0.250. The van der Waals surface area contributed by atoms with Crippen molar-refractivity contribution < 1.29 is 4.74 Å². The smallest absolute Gasteiger partial charge is 0.124 e. The Labute approximate surface area is 114 Å². The molecule has 0 heterocycles. The highest BCUT2D eigenvalue weighted by Crippen LogP contribution is 2.30. The van der Waals surface area contributed by atoms with Crippen LogP contribution in [0.1, 0.15) is 28.3 Å². The summed E-state index contributed by atoms with van der Waals surface area (Å²) in [4.78, 5) is 0. The van der Waals surface area contributed by atoms with Crippen molar-refractivity contribution >= 4 is 0 Å². The van der Waals surface area contributed by atoms with Crippen molar-refractivity contribution in [2.75, 3.05) is 7.11 Å². The molecule has 0 fully saturated rings. The van der Waals surface area contributed by atoms with Gasteiger partial charge in [-0.15, -0.1) is 0 Å². The van der Waals surface area contributed by atoms with E-state index in [0.717, 1.165) is 16.9 Å². The molecule has 0 aromatic heterocycles. The number of methoxy groups -OCH3 is 1. The van der Waals surface area contributed by atoms with Gasteiger partial charge in [-0.25, -0.2) is 5.43 Å². The zero-order chi connectivity index (χ0) is 13.8. The Balaban J connectivity index is 2.46. The predicted molar refractivity (Wildman–Crippen MR) is 78.1 cm³/mol. The molecular weight excluding hydrogens is 236 g/mol. The maximum Gasteiger partial charge on any atom is 0.124 e. The van der Waals surface area contributed by atoms with Gasteiger partial charge in [-0.05, 0) is 36.6 Å². The standard InChI is InChI=1S/C16H20N2O/c1-11-8-9-13(10-12(11)2)16(18-17)14-6-4-5-7-15(14)19-3/h4-10,16,18H,17H2,1-3H3. The molecule has 1 atom stereocenters. The first kappa shape index (κ1) is 13.6. The fourth-order valence-corrected chi connectivity index (χ4v) is 2.21. The van der Waals surface area contributed by atoms with Crippen LogP contribution in [0.3, 0.4) is 0 Å². The molecule has 0 saturated heterocycles. The SMILES string of the molecule is COc1ccccc1C(NN)c1ccc(C)c(C)c1. The Morgan fingerprint density at radius 3 is 2.42 bits per heavy atom. The van der Waals surface area contributed by atoms with E-state index < -0.39 is 0 Å². The minimum absolute atomic E-state index is 0.0737. The number of nitrogens with two attached hydrogens (primary N) is 1. The lowest BCUT2D eigenvalue weighted by Gasteiger charge is -2.20. The van der Waals surface area contributed by atoms with E-state index >= 15 is 0 Å². The van der Waals surface area contributed by atoms with Crippen LogP contribution in [-0.2, 0) is 0 Å². The second kappa shape index (κ2) is 5.87. The van der Waals surface area contributed by atoms with Crippen LogP contribution in [0.2, 0.25) is 0 Å². The zero-order valence-corrected chi connectivity index (χ0v) is 11.6. The minimum Gasteiger partial charge on any atom is -0.496 e. The summed E-state index contributed by atoms with van der Waals surface area (Å²) in [5, 5.41) is 0. The molecule has 0 amide bonds. The molecule has 19 heavy (non-hydrogen) atoms. The number of benzene rings is 2. The number of hydrazine groups is 1. The molecule has 0 aliphatic rings. The number of hydrogen-bond donors (Lipinski definition) is 2. The number of ether oxygens (including phenoxy) is 1. The Bertz CT molecular complexity index is 566. The van der Waals surface area contributed by atoms with Crippen LogP contribution in [0.4, 0.5) is 0 Å². The zero-order valence-electron chi connectivity index (χ0n) is 11.6.